The van der Waals surface area contributed by atoms with Crippen molar-refractivity contribution in [3.05, 3.63) is 119 Å². The molecule has 3 aromatic carbocycles. The van der Waals surface area contributed by atoms with Gasteiger partial charge in [-0.2, -0.15) is 0 Å². The van der Waals surface area contributed by atoms with Gasteiger partial charge in [-0.25, -0.2) is 9.79 Å². The Balaban J connectivity index is 1.34. The van der Waals surface area contributed by atoms with Gasteiger partial charge in [-0.3, -0.25) is 19.2 Å². The van der Waals surface area contributed by atoms with Crippen molar-refractivity contribution in [3.63, 3.8) is 0 Å². The van der Waals surface area contributed by atoms with E-state index < -0.39 is 108 Å². The molecular weight excluding hydrogens is 885 g/mol. The number of nitrogens with one attached hydrogen (secondary N) is 1. The zero-order valence-corrected chi connectivity index (χ0v) is 41.4. The van der Waals surface area contributed by atoms with Crippen LogP contribution in [0.3, 0.4) is 0 Å². The molecule has 0 aromatic heterocycles. The Morgan fingerprint density at radius 2 is 1.46 bits per heavy atom. The van der Waals surface area contributed by atoms with E-state index in [0.717, 1.165) is 23.7 Å². The fraction of sp³-hybridized carbons (Fsp3) is 0.509. The molecule has 0 spiro atoms. The Labute approximate surface area is 399 Å². The van der Waals surface area contributed by atoms with Crippen LogP contribution in [-0.4, -0.2) is 103 Å². The molecule has 3 fully saturated rings. The van der Waals surface area contributed by atoms with Crippen LogP contribution < -0.4 is 5.32 Å². The van der Waals surface area contributed by atoms with Crippen molar-refractivity contribution in [2.24, 2.45) is 21.7 Å². The number of amides is 1. The molecule has 3 aromatic rings. The summed E-state index contributed by atoms with van der Waals surface area (Å²) in [7, 11) is -2.59. The van der Waals surface area contributed by atoms with Gasteiger partial charge < -0.3 is 38.5 Å². The van der Waals surface area contributed by atoms with Crippen LogP contribution in [-0.2, 0) is 47.3 Å². The highest BCUT2D eigenvalue weighted by atomic mass is 28.4. The normalized spacial score (nSPS) is 32.7. The molecule has 1 saturated heterocycles. The van der Waals surface area contributed by atoms with E-state index in [1.165, 1.54) is 13.8 Å². The molecule has 2 bridgehead atoms. The Morgan fingerprint density at radius 1 is 0.853 bits per heavy atom. The van der Waals surface area contributed by atoms with Crippen LogP contribution >= 0.6 is 0 Å². The molecular formula is C53H64N2O12Si. The van der Waals surface area contributed by atoms with Crippen LogP contribution in [0.2, 0.25) is 18.1 Å². The molecule has 5 aliphatic rings. The average Bonchev–Trinajstić information content (AvgIpc) is 3.78. The highest BCUT2D eigenvalue weighted by molar-refractivity contribution is 6.73. The second-order valence-corrected chi connectivity index (χ2v) is 24.6. The van der Waals surface area contributed by atoms with E-state index >= 15 is 9.59 Å². The second kappa shape index (κ2) is 18.4. The van der Waals surface area contributed by atoms with E-state index in [4.69, 9.17) is 33.1 Å². The first-order valence-corrected chi connectivity index (χ1v) is 26.4. The number of carbonyl (C=O) groups excluding carboxylic acids is 5. The predicted octanol–water partition coefficient (Wildman–Crippen LogP) is 7.39. The van der Waals surface area contributed by atoms with Gasteiger partial charge in [0.15, 0.2) is 25.8 Å². The number of Topliss-reactive ketones (excluding diaryl/α,β-unsaturated/α-hetero) is 1. The predicted molar refractivity (Wildman–Crippen MR) is 254 cm³/mol. The minimum Gasteiger partial charge on any atom is -0.461 e. The van der Waals surface area contributed by atoms with Gasteiger partial charge in [0.05, 0.1) is 35.6 Å². The lowest BCUT2D eigenvalue weighted by atomic mass is 9.44. The summed E-state index contributed by atoms with van der Waals surface area (Å²) in [4.78, 5) is 77.9. The number of aliphatic imine (C=N–C) groups is 1. The quantitative estimate of drug-likeness (QED) is 0.0751. The summed E-state index contributed by atoms with van der Waals surface area (Å²) in [6.45, 7) is 15.4. The van der Waals surface area contributed by atoms with Gasteiger partial charge in [0.25, 0.3) is 5.91 Å². The molecule has 3 aliphatic carbocycles. The number of hydrogen-bond acceptors (Lipinski definition) is 13. The summed E-state index contributed by atoms with van der Waals surface area (Å²) in [5.74, 6) is -4.43. The van der Waals surface area contributed by atoms with Crippen LogP contribution in [0, 0.1) is 16.7 Å². The lowest BCUT2D eigenvalue weighted by Crippen LogP contribution is -2.82. The van der Waals surface area contributed by atoms with Crippen molar-refractivity contribution in [3.8, 4) is 0 Å². The van der Waals surface area contributed by atoms with Gasteiger partial charge in [0, 0.05) is 37.7 Å². The third-order valence-electron chi connectivity index (χ3n) is 16.1. The number of esters is 3. The molecule has 1 amide bonds. The third-order valence-corrected chi connectivity index (χ3v) is 20.7. The molecule has 68 heavy (non-hydrogen) atoms. The molecule has 2 N–H and O–H groups in total. The van der Waals surface area contributed by atoms with Crippen LogP contribution in [0.15, 0.2) is 107 Å². The molecule has 0 radical (unpaired) electrons. The molecule has 2 aliphatic heterocycles. The van der Waals surface area contributed by atoms with Crippen LogP contribution in [0.5, 0.6) is 0 Å². The maximum Gasteiger partial charge on any atom is 0.338 e. The number of rotatable bonds is 13. The fourth-order valence-electron chi connectivity index (χ4n) is 12.0. The lowest BCUT2D eigenvalue weighted by molar-refractivity contribution is -0.344. The number of hydrogen-bond donors (Lipinski definition) is 2. The van der Waals surface area contributed by atoms with Crippen molar-refractivity contribution < 1.29 is 57.2 Å². The standard InChI is InChI=1S/C53H64N2O12Si/c1-10-68(11-2,12-3)67-38-28-39-52(30-62-39,66-33(6)57)44-46(65-49(60)36-26-20-15-21-27-36)53(61)29-37(31(4)40(50(53,7)8)42(63-32(5)56)45(58)51(38,44)9)54-47(59)43-41(34-22-16-13-17-23-34)55-48(64-43)35-24-18-14-19-25-35/h13-27,37-39,41-44,46,61H,10-12,28-30H2,1-9H3,(H,54,59)/t37-,38-,39+,41-,42+,43+,44-,46-,51+,52-,53+/m0/s1. The summed E-state index contributed by atoms with van der Waals surface area (Å²) >= 11 is 0. The molecule has 2 saturated carbocycles. The largest absolute Gasteiger partial charge is 0.461 e. The first-order chi connectivity index (χ1) is 32.3. The Kier molecular flexibility index (Phi) is 13.3. The number of benzene rings is 3. The topological polar surface area (TPSA) is 185 Å². The van der Waals surface area contributed by atoms with Gasteiger partial charge in [-0.1, -0.05) is 101 Å². The maximum absolute atomic E-state index is 16.4. The van der Waals surface area contributed by atoms with Crippen molar-refractivity contribution >= 4 is 43.8 Å². The Bertz CT molecular complexity index is 2490. The highest BCUT2D eigenvalue weighted by Gasteiger charge is 2.79. The SMILES string of the molecule is CC[Si](CC)(CC)O[C@H]1C[C@H]2OC[C@@]2(OC(C)=O)[C@H]2[C@H](OC(=O)c3ccccc3)[C@]3(O)C[C@H](NC(=O)[C@@H]4OC(c5ccccc5)=N[C@H]4c4ccccc4)C(C)=C([C@@H](OC(C)=O)C(=O)[C@]12C)C3(C)C. The van der Waals surface area contributed by atoms with E-state index in [2.05, 4.69) is 26.1 Å². The van der Waals surface area contributed by atoms with Crippen molar-refractivity contribution in [1.82, 2.24) is 5.32 Å². The zero-order valence-electron chi connectivity index (χ0n) is 40.4. The number of carbonyl (C=O) groups is 5. The third kappa shape index (κ3) is 8.02. The van der Waals surface area contributed by atoms with Crippen LogP contribution in [0.4, 0.5) is 0 Å². The number of fused-ring (bicyclic) bond motifs is 5. The molecule has 0 unspecified atom stereocenters. The van der Waals surface area contributed by atoms with Gasteiger partial charge in [0.1, 0.15) is 23.9 Å². The summed E-state index contributed by atoms with van der Waals surface area (Å²) in [5.41, 5.74) is -4.82. The zero-order chi connectivity index (χ0) is 49.0. The molecule has 14 nitrogen and oxygen atoms in total. The smallest absolute Gasteiger partial charge is 0.338 e. The van der Waals surface area contributed by atoms with E-state index in [0.29, 0.717) is 11.1 Å². The summed E-state index contributed by atoms with van der Waals surface area (Å²) in [5, 5.41) is 17.4. The van der Waals surface area contributed by atoms with Crippen molar-refractivity contribution in [1.29, 1.82) is 0 Å². The maximum atomic E-state index is 16.4. The number of nitrogens with zero attached hydrogens (tertiary/aromatic N) is 1. The van der Waals surface area contributed by atoms with E-state index in [1.54, 1.807) is 58.0 Å². The van der Waals surface area contributed by atoms with Crippen LogP contribution in [0.25, 0.3) is 0 Å². The van der Waals surface area contributed by atoms with Crippen molar-refractivity contribution in [2.45, 2.75) is 147 Å². The molecule has 8 rings (SSSR count). The van der Waals surface area contributed by atoms with Gasteiger partial charge in [0.2, 0.25) is 12.0 Å². The average molecular weight is 949 g/mol. The number of ketones is 1. The highest BCUT2D eigenvalue weighted by Crippen LogP contribution is 2.65. The monoisotopic (exact) mass is 948 g/mol. The summed E-state index contributed by atoms with van der Waals surface area (Å²) in [6, 6.07) is 27.2. The fourth-order valence-corrected chi connectivity index (χ4v) is 15.0. The minimum absolute atomic E-state index is 0.127. The molecule has 15 heteroatoms. The molecule has 362 valence electrons. The summed E-state index contributed by atoms with van der Waals surface area (Å²) < 4.78 is 39.4. The number of aliphatic hydroxyl groups is 1. The van der Waals surface area contributed by atoms with Gasteiger partial charge >= 0.3 is 17.9 Å². The first-order valence-electron chi connectivity index (χ1n) is 23.9. The van der Waals surface area contributed by atoms with E-state index in [1.807, 2.05) is 60.7 Å². The molecule has 2 heterocycles. The molecule has 11 atom stereocenters. The van der Waals surface area contributed by atoms with Gasteiger partial charge in [-0.15, -0.1) is 0 Å². The first kappa shape index (κ1) is 49.0. The van der Waals surface area contributed by atoms with E-state index in [-0.39, 0.29) is 36.5 Å². The van der Waals surface area contributed by atoms with Crippen LogP contribution in [0.1, 0.15) is 103 Å². The lowest BCUT2D eigenvalue weighted by Gasteiger charge is -2.68. The Hall–Kier alpha value is -5.48. The van der Waals surface area contributed by atoms with Crippen molar-refractivity contribution in [2.75, 3.05) is 6.61 Å². The second-order valence-electron chi connectivity index (χ2n) is 19.8. The minimum atomic E-state index is -2.59. The van der Waals surface area contributed by atoms with Gasteiger partial charge in [-0.05, 0) is 73.0 Å². The Morgan fingerprint density at radius 3 is 2.01 bits per heavy atom. The number of ether oxygens (including phenoxy) is 5. The summed E-state index contributed by atoms with van der Waals surface area (Å²) in [6.07, 6.45) is -6.32. The van der Waals surface area contributed by atoms with E-state index in [9.17, 15) is 19.5 Å².